The number of hydrogen-bond donors (Lipinski definition) is 1. The van der Waals surface area contributed by atoms with Crippen molar-refractivity contribution < 1.29 is 13.9 Å². The SMILES string of the molecule is O=C(N[C@H]1CCO[C@@]2(CCSC2)C1)c1cc2ccccc2c(=O)o1. The second kappa shape index (κ2) is 6.26. The fraction of sp³-hybridized carbons (Fsp3) is 0.444. The summed E-state index contributed by atoms with van der Waals surface area (Å²) in [5, 5.41) is 4.22. The van der Waals surface area contributed by atoms with E-state index in [0.29, 0.717) is 12.0 Å². The van der Waals surface area contributed by atoms with Gasteiger partial charge in [0.2, 0.25) is 0 Å². The first-order valence-electron chi connectivity index (χ1n) is 8.21. The van der Waals surface area contributed by atoms with Gasteiger partial charge in [0.15, 0.2) is 5.76 Å². The Kier molecular flexibility index (Phi) is 4.10. The van der Waals surface area contributed by atoms with Crippen molar-refractivity contribution in [2.24, 2.45) is 0 Å². The molecule has 1 aromatic heterocycles. The van der Waals surface area contributed by atoms with Gasteiger partial charge in [0.25, 0.3) is 5.91 Å². The minimum Gasteiger partial charge on any atom is -0.417 e. The molecule has 2 aliphatic rings. The van der Waals surface area contributed by atoms with E-state index in [1.807, 2.05) is 23.9 Å². The topological polar surface area (TPSA) is 68.5 Å². The molecule has 4 rings (SSSR count). The summed E-state index contributed by atoms with van der Waals surface area (Å²) >= 11 is 1.90. The van der Waals surface area contributed by atoms with Gasteiger partial charge in [-0.15, -0.1) is 0 Å². The Morgan fingerprint density at radius 3 is 3.04 bits per heavy atom. The van der Waals surface area contributed by atoms with Crippen molar-refractivity contribution in [3.8, 4) is 0 Å². The van der Waals surface area contributed by atoms with E-state index >= 15 is 0 Å². The molecule has 2 saturated heterocycles. The second-order valence-electron chi connectivity index (χ2n) is 6.48. The zero-order valence-electron chi connectivity index (χ0n) is 13.2. The monoisotopic (exact) mass is 345 g/mol. The maximum absolute atomic E-state index is 12.5. The van der Waals surface area contributed by atoms with Gasteiger partial charge in [0.1, 0.15) is 0 Å². The Morgan fingerprint density at radius 1 is 1.33 bits per heavy atom. The van der Waals surface area contributed by atoms with Crippen LogP contribution in [0.2, 0.25) is 0 Å². The van der Waals surface area contributed by atoms with Gasteiger partial charge in [0.05, 0.1) is 11.0 Å². The minimum absolute atomic E-state index is 0.0572. The van der Waals surface area contributed by atoms with Gasteiger partial charge in [-0.2, -0.15) is 11.8 Å². The highest BCUT2D eigenvalue weighted by Crippen LogP contribution is 2.38. The maximum atomic E-state index is 12.5. The van der Waals surface area contributed by atoms with Gasteiger partial charge in [-0.25, -0.2) is 4.79 Å². The number of thioether (sulfide) groups is 1. The van der Waals surface area contributed by atoms with Crippen LogP contribution in [0.25, 0.3) is 10.8 Å². The molecule has 5 nitrogen and oxygen atoms in total. The highest BCUT2D eigenvalue weighted by molar-refractivity contribution is 7.99. The van der Waals surface area contributed by atoms with Gasteiger partial charge >= 0.3 is 5.63 Å². The molecule has 1 amide bonds. The number of amides is 1. The van der Waals surface area contributed by atoms with Crippen molar-refractivity contribution in [2.45, 2.75) is 30.9 Å². The Labute approximate surface area is 143 Å². The third kappa shape index (κ3) is 2.96. The van der Waals surface area contributed by atoms with Crippen molar-refractivity contribution in [1.82, 2.24) is 5.32 Å². The highest BCUT2D eigenvalue weighted by Gasteiger charge is 2.41. The summed E-state index contributed by atoms with van der Waals surface area (Å²) in [4.78, 5) is 24.6. The summed E-state index contributed by atoms with van der Waals surface area (Å²) in [6.07, 6.45) is 2.65. The molecule has 1 spiro atoms. The zero-order chi connectivity index (χ0) is 16.6. The standard InChI is InChI=1S/C18H19NO4S/c20-16(15-9-12-3-1-2-4-14(12)17(21)23-15)19-13-5-7-22-18(10-13)6-8-24-11-18/h1-4,9,13H,5-8,10-11H2,(H,19,20)/t13-,18-/m0/s1. The lowest BCUT2D eigenvalue weighted by atomic mass is 9.90. The second-order valence-corrected chi connectivity index (χ2v) is 7.59. The molecular weight excluding hydrogens is 326 g/mol. The van der Waals surface area contributed by atoms with Crippen LogP contribution in [0.15, 0.2) is 39.5 Å². The lowest BCUT2D eigenvalue weighted by Crippen LogP contribution is -2.48. The van der Waals surface area contributed by atoms with Crippen LogP contribution >= 0.6 is 11.8 Å². The molecule has 2 fully saturated rings. The molecule has 3 heterocycles. The average molecular weight is 345 g/mol. The fourth-order valence-corrected chi connectivity index (χ4v) is 4.90. The van der Waals surface area contributed by atoms with Gasteiger partial charge in [-0.1, -0.05) is 18.2 Å². The van der Waals surface area contributed by atoms with E-state index in [9.17, 15) is 9.59 Å². The van der Waals surface area contributed by atoms with Crippen molar-refractivity contribution in [3.63, 3.8) is 0 Å². The number of carbonyl (C=O) groups excluding carboxylic acids is 1. The summed E-state index contributed by atoms with van der Waals surface area (Å²) in [5.74, 6) is 1.84. The lowest BCUT2D eigenvalue weighted by Gasteiger charge is -2.37. The molecule has 6 heteroatoms. The molecule has 2 atom stereocenters. The summed E-state index contributed by atoms with van der Waals surface area (Å²) in [6, 6.07) is 8.81. The molecule has 0 unspecified atom stereocenters. The third-order valence-corrected chi connectivity index (χ3v) is 6.01. The van der Waals surface area contributed by atoms with E-state index in [1.54, 1.807) is 18.2 Å². The number of ether oxygens (including phenoxy) is 1. The molecule has 2 aromatic rings. The molecule has 126 valence electrons. The van der Waals surface area contributed by atoms with Gasteiger partial charge < -0.3 is 14.5 Å². The number of fused-ring (bicyclic) bond motifs is 1. The largest absolute Gasteiger partial charge is 0.417 e. The van der Waals surface area contributed by atoms with Gasteiger partial charge in [-0.05, 0) is 42.5 Å². The first-order valence-corrected chi connectivity index (χ1v) is 9.36. The first-order chi connectivity index (χ1) is 11.7. The third-order valence-electron chi connectivity index (χ3n) is 4.79. The first kappa shape index (κ1) is 15.7. The van der Waals surface area contributed by atoms with Crippen LogP contribution in [-0.4, -0.2) is 35.7 Å². The van der Waals surface area contributed by atoms with E-state index in [-0.39, 0.29) is 23.3 Å². The summed E-state index contributed by atoms with van der Waals surface area (Å²) in [6.45, 7) is 0.660. The van der Waals surface area contributed by atoms with E-state index < -0.39 is 5.63 Å². The molecule has 0 radical (unpaired) electrons. The molecule has 1 N–H and O–H groups in total. The number of hydrogen-bond acceptors (Lipinski definition) is 5. The fourth-order valence-electron chi connectivity index (χ4n) is 3.52. The molecule has 2 aliphatic heterocycles. The maximum Gasteiger partial charge on any atom is 0.344 e. The normalized spacial score (nSPS) is 26.8. The average Bonchev–Trinajstić information content (AvgIpc) is 3.02. The molecule has 24 heavy (non-hydrogen) atoms. The quantitative estimate of drug-likeness (QED) is 0.906. The van der Waals surface area contributed by atoms with Gasteiger partial charge in [-0.3, -0.25) is 4.79 Å². The predicted molar refractivity (Wildman–Crippen MR) is 93.6 cm³/mol. The number of carbonyl (C=O) groups is 1. The van der Waals surface area contributed by atoms with Crippen LogP contribution in [0.1, 0.15) is 29.8 Å². The predicted octanol–water partition coefficient (Wildman–Crippen LogP) is 2.58. The summed E-state index contributed by atoms with van der Waals surface area (Å²) in [7, 11) is 0. The summed E-state index contributed by atoms with van der Waals surface area (Å²) < 4.78 is 11.2. The van der Waals surface area contributed by atoms with Crippen LogP contribution < -0.4 is 10.9 Å². The molecular formula is C18H19NO4S. The molecule has 1 aromatic carbocycles. The highest BCUT2D eigenvalue weighted by atomic mass is 32.2. The van der Waals surface area contributed by atoms with Gasteiger partial charge in [0, 0.05) is 18.4 Å². The number of rotatable bonds is 2. The Balaban J connectivity index is 1.53. The van der Waals surface area contributed by atoms with E-state index in [2.05, 4.69) is 5.32 Å². The van der Waals surface area contributed by atoms with Crippen LogP contribution in [0.3, 0.4) is 0 Å². The van der Waals surface area contributed by atoms with Crippen molar-refractivity contribution in [3.05, 3.63) is 46.5 Å². The Hall–Kier alpha value is -1.79. The van der Waals surface area contributed by atoms with E-state index in [0.717, 1.165) is 36.2 Å². The van der Waals surface area contributed by atoms with Crippen molar-refractivity contribution in [2.75, 3.05) is 18.1 Å². The number of nitrogens with one attached hydrogen (secondary N) is 1. The van der Waals surface area contributed by atoms with Crippen LogP contribution in [-0.2, 0) is 4.74 Å². The molecule has 0 saturated carbocycles. The van der Waals surface area contributed by atoms with Crippen molar-refractivity contribution in [1.29, 1.82) is 0 Å². The van der Waals surface area contributed by atoms with Crippen molar-refractivity contribution >= 4 is 28.4 Å². The Bertz CT molecular complexity index is 825. The molecule has 0 aliphatic carbocycles. The molecule has 0 bridgehead atoms. The van der Waals surface area contributed by atoms with Crippen LogP contribution in [0.5, 0.6) is 0 Å². The number of benzene rings is 1. The van der Waals surface area contributed by atoms with Crippen LogP contribution in [0.4, 0.5) is 0 Å². The van der Waals surface area contributed by atoms with E-state index in [4.69, 9.17) is 9.15 Å². The minimum atomic E-state index is -0.478. The zero-order valence-corrected chi connectivity index (χ0v) is 14.1. The lowest BCUT2D eigenvalue weighted by molar-refractivity contribution is -0.0689. The summed E-state index contributed by atoms with van der Waals surface area (Å²) in [5.41, 5.74) is -0.570. The van der Waals surface area contributed by atoms with E-state index in [1.165, 1.54) is 0 Å². The smallest absolute Gasteiger partial charge is 0.344 e. The van der Waals surface area contributed by atoms with Crippen LogP contribution in [0, 0.1) is 0 Å². The Morgan fingerprint density at radius 2 is 2.21 bits per heavy atom.